The Morgan fingerprint density at radius 1 is 1.16 bits per heavy atom. The largest absolute Gasteiger partial charge is 0.0149 e. The van der Waals surface area contributed by atoms with Gasteiger partial charge in [-0.3, -0.25) is 0 Å². The summed E-state index contributed by atoms with van der Waals surface area (Å²) in [5.41, 5.74) is 6.92. The molecule has 0 amide bonds. The number of hydrogen-bond acceptors (Lipinski definition) is 1. The van der Waals surface area contributed by atoms with E-state index in [1.807, 2.05) is 0 Å². The third kappa shape index (κ3) is 4.74. The maximum absolute atomic E-state index is 4.18. The Labute approximate surface area is 160 Å². The minimum Gasteiger partial charge on any atom is -0.0149 e. The fourth-order valence-corrected chi connectivity index (χ4v) is 15.8. The van der Waals surface area contributed by atoms with Gasteiger partial charge in [0.15, 0.2) is 0 Å². The number of rotatable bonds is 4. The number of hydrogen-bond donors (Lipinski definition) is 1. The van der Waals surface area contributed by atoms with Gasteiger partial charge in [0.1, 0.15) is 0 Å². The normalized spacial score (nSPS) is 19.4. The fraction of sp³-hybridized carbons (Fsp3) is 0.455. The van der Waals surface area contributed by atoms with Crippen LogP contribution < -0.4 is 3.80 Å². The van der Waals surface area contributed by atoms with Gasteiger partial charge < -0.3 is 0 Å². The van der Waals surface area contributed by atoms with Crippen molar-refractivity contribution < 1.29 is 15.6 Å². The van der Waals surface area contributed by atoms with E-state index in [2.05, 4.69) is 97.1 Å². The molecule has 1 aromatic rings. The molecule has 139 valence electrons. The second-order valence-electron chi connectivity index (χ2n) is 9.54. The van der Waals surface area contributed by atoms with Gasteiger partial charge in [0.05, 0.1) is 0 Å². The number of allylic oxidation sites excluding steroid dienone is 3. The Balaban J connectivity index is 0.00000312. The second kappa shape index (κ2) is 7.15. The molecule has 0 spiro atoms. The first-order valence-electron chi connectivity index (χ1n) is 8.95. The standard InChI is InChI=1S/C10H9.C6H9.C4H10N.2CH3.H4Si.Ti/c1-8-6-9-4-2-3-5-10(9)7-8;1-5(2)6(3)4;1-4(2,3)5;;;;/h2-7H,1H3;1H,3H2,2,4H3;5H,1-3H3;2*1H3;1H4;/q;;-1;;;;+1. The van der Waals surface area contributed by atoms with Crippen molar-refractivity contribution in [1.82, 2.24) is 3.80 Å². The van der Waals surface area contributed by atoms with Crippen LogP contribution in [0, 0.1) is 0 Å². The van der Waals surface area contributed by atoms with E-state index < -0.39 is 15.6 Å². The monoisotopic (exact) mass is 392 g/mol. The Bertz CT molecular complexity index is 735. The molecule has 1 unspecified atom stereocenters. The Hall–Kier alpha value is -0.669. The van der Waals surface area contributed by atoms with Crippen molar-refractivity contribution >= 4 is 17.0 Å². The predicted molar refractivity (Wildman–Crippen MR) is 117 cm³/mol. The van der Waals surface area contributed by atoms with Gasteiger partial charge in [-0.05, 0) is 11.0 Å². The zero-order chi connectivity index (χ0) is 18.4. The van der Waals surface area contributed by atoms with Gasteiger partial charge >= 0.3 is 150 Å². The average Bonchev–Trinajstić information content (AvgIpc) is 2.72. The second-order valence-corrected chi connectivity index (χ2v) is 19.4. The van der Waals surface area contributed by atoms with E-state index in [4.69, 9.17) is 0 Å². The summed E-state index contributed by atoms with van der Waals surface area (Å²) in [7, 11) is 0. The van der Waals surface area contributed by atoms with Gasteiger partial charge in [-0.1, -0.05) is 0 Å². The van der Waals surface area contributed by atoms with Gasteiger partial charge in [-0.2, -0.15) is 0 Å². The molecule has 2 rings (SSSR count). The van der Waals surface area contributed by atoms with Crippen molar-refractivity contribution in [2.75, 3.05) is 0 Å². The summed E-state index contributed by atoms with van der Waals surface area (Å²) in [4.78, 5) is 0. The molecule has 1 nitrogen and oxygen atoms in total. The van der Waals surface area contributed by atoms with E-state index >= 15 is 0 Å². The zero-order valence-corrected chi connectivity index (χ0v) is 18.3. The molecule has 1 aromatic carbocycles. The van der Waals surface area contributed by atoms with E-state index in [0.717, 1.165) is 5.57 Å². The number of fused-ring (bicyclic) bond motifs is 1. The Kier molecular flexibility index (Phi) is 6.40. The van der Waals surface area contributed by atoms with Crippen LogP contribution in [0.15, 0.2) is 51.9 Å². The minimum atomic E-state index is -3.27. The van der Waals surface area contributed by atoms with Crippen molar-refractivity contribution in [3.8, 4) is 0 Å². The third-order valence-corrected chi connectivity index (χ3v) is 13.6. The molecule has 0 aliphatic heterocycles. The Morgan fingerprint density at radius 3 is 2.24 bits per heavy atom. The molecular formula is C22H38NSiTi. The summed E-state index contributed by atoms with van der Waals surface area (Å²) >= 11 is -3.27. The van der Waals surface area contributed by atoms with Crippen molar-refractivity contribution in [3.05, 3.63) is 63.1 Å². The molecule has 0 saturated carbocycles. The number of nitrogens with one attached hydrogen (secondary N) is 1. The predicted octanol–water partition coefficient (Wildman–Crippen LogP) is 5.26. The summed E-state index contributed by atoms with van der Waals surface area (Å²) in [5, 5.41) is 5.05. The van der Waals surface area contributed by atoms with E-state index in [9.17, 15) is 0 Å². The van der Waals surface area contributed by atoms with Gasteiger partial charge in [0.25, 0.3) is 0 Å². The summed E-state index contributed by atoms with van der Waals surface area (Å²) in [5.74, 6) is 0. The first-order chi connectivity index (χ1) is 10.8. The smallest absolute Gasteiger partial charge is 0.0149 e. The van der Waals surface area contributed by atoms with Crippen LogP contribution in [0.4, 0.5) is 0 Å². The van der Waals surface area contributed by atoms with E-state index in [1.165, 1.54) is 22.3 Å². The summed E-state index contributed by atoms with van der Waals surface area (Å²) in [6, 6.07) is 8.89. The van der Waals surface area contributed by atoms with Crippen LogP contribution in [0.5, 0.6) is 0 Å². The topological polar surface area (TPSA) is 12.0 Å². The van der Waals surface area contributed by atoms with E-state index in [0.29, 0.717) is 4.22 Å². The molecule has 3 heteroatoms. The van der Waals surface area contributed by atoms with Crippen LogP contribution >= 0.6 is 0 Å². The fourth-order valence-electron chi connectivity index (χ4n) is 4.82. The first-order valence-corrected chi connectivity index (χ1v) is 14.7. The van der Waals surface area contributed by atoms with Crippen LogP contribution in [0.25, 0.3) is 6.08 Å². The van der Waals surface area contributed by atoms with Crippen molar-refractivity contribution in [2.24, 2.45) is 0 Å². The molecule has 1 aliphatic carbocycles. The van der Waals surface area contributed by atoms with Gasteiger partial charge in [-0.25, -0.2) is 0 Å². The quantitative estimate of drug-likeness (QED) is 0.544. The molecule has 25 heavy (non-hydrogen) atoms. The van der Waals surface area contributed by atoms with E-state index in [1.54, 1.807) is 0 Å². The molecular weight excluding hydrogens is 354 g/mol. The third-order valence-electron chi connectivity index (χ3n) is 5.14. The average molecular weight is 393 g/mol. The van der Waals surface area contributed by atoms with Gasteiger partial charge in [0, 0.05) is 0 Å². The molecule has 0 saturated heterocycles. The van der Waals surface area contributed by atoms with Crippen LogP contribution in [0.1, 0.15) is 56.9 Å². The minimum absolute atomic E-state index is 0. The SMILES string of the molecule is C=C(C)C(C)=[CH][Ti]([CH3])([CH3])([NH]C(C)(C)C)[CH]1C(C)=Cc2ccccc21.[SiH4]. The Morgan fingerprint density at radius 2 is 1.72 bits per heavy atom. The molecule has 0 radical (unpaired) electrons. The van der Waals surface area contributed by atoms with Gasteiger partial charge in [0.2, 0.25) is 0 Å². The van der Waals surface area contributed by atoms with Crippen LogP contribution in [0.2, 0.25) is 10.5 Å². The van der Waals surface area contributed by atoms with Crippen molar-refractivity contribution in [1.29, 1.82) is 0 Å². The molecule has 0 fully saturated rings. The molecule has 0 heterocycles. The summed E-state index contributed by atoms with van der Waals surface area (Å²) in [6.45, 7) is 17.7. The summed E-state index contributed by atoms with van der Waals surface area (Å²) in [6.07, 6.45) is 2.38. The van der Waals surface area contributed by atoms with Crippen molar-refractivity contribution in [3.63, 3.8) is 0 Å². The molecule has 1 N–H and O–H groups in total. The maximum Gasteiger partial charge on any atom is -0.0149 e. The van der Waals surface area contributed by atoms with Crippen molar-refractivity contribution in [2.45, 2.75) is 61.8 Å². The molecule has 1 aliphatic rings. The molecule has 0 aromatic heterocycles. The number of benzene rings is 1. The van der Waals surface area contributed by atoms with E-state index in [-0.39, 0.29) is 16.5 Å². The molecule has 1 atom stereocenters. The maximum atomic E-state index is 4.18. The van der Waals surface area contributed by atoms with Gasteiger partial charge in [-0.15, -0.1) is 0 Å². The van der Waals surface area contributed by atoms with Crippen LogP contribution in [0.3, 0.4) is 0 Å². The van der Waals surface area contributed by atoms with Crippen LogP contribution in [-0.2, 0) is 15.6 Å². The zero-order valence-electron chi connectivity index (χ0n) is 16.7. The van der Waals surface area contributed by atoms with Crippen LogP contribution in [-0.4, -0.2) is 16.5 Å². The summed E-state index contributed by atoms with van der Waals surface area (Å²) < 4.78 is 7.20. The first kappa shape index (κ1) is 22.4. The molecule has 0 bridgehead atoms.